The van der Waals surface area contributed by atoms with Crippen LogP contribution in [0.3, 0.4) is 0 Å². The first-order valence-electron chi connectivity index (χ1n) is 8.19. The number of imidazole rings is 1. The molecule has 0 unspecified atom stereocenters. The fourth-order valence-corrected chi connectivity index (χ4v) is 3.38. The molecule has 2 heterocycles. The molecule has 0 saturated heterocycles. The van der Waals surface area contributed by atoms with Crippen molar-refractivity contribution in [3.05, 3.63) is 70.5 Å². The molecule has 2 aromatic carbocycles. The Morgan fingerprint density at radius 1 is 1.15 bits per heavy atom. The summed E-state index contributed by atoms with van der Waals surface area (Å²) in [5.74, 6) is 1.08. The summed E-state index contributed by atoms with van der Waals surface area (Å²) in [6.45, 7) is 1.80. The van der Waals surface area contributed by atoms with E-state index in [4.69, 9.17) is 0 Å². The second-order valence-corrected chi connectivity index (χ2v) is 7.12. The largest absolute Gasteiger partial charge is 0.416 e. The van der Waals surface area contributed by atoms with E-state index in [0.29, 0.717) is 17.2 Å². The Bertz CT molecular complexity index is 1140. The number of alkyl halides is 3. The second-order valence-electron chi connectivity index (χ2n) is 6.21. The molecule has 4 nitrogen and oxygen atoms in total. The molecule has 0 spiro atoms. The molecule has 0 fully saturated rings. The molecule has 0 saturated carbocycles. The van der Waals surface area contributed by atoms with E-state index < -0.39 is 11.7 Å². The number of halogens is 4. The third-order valence-electron chi connectivity index (χ3n) is 4.37. The lowest BCUT2D eigenvalue weighted by Gasteiger charge is -2.18. The summed E-state index contributed by atoms with van der Waals surface area (Å²) < 4.78 is 41.7. The number of nitrogens with zero attached hydrogens (tertiary/aromatic N) is 3. The fraction of sp³-hybridized carbons (Fsp3) is 0.158. The Balaban J connectivity index is 1.77. The van der Waals surface area contributed by atoms with Gasteiger partial charge in [0.2, 0.25) is 5.78 Å². The highest BCUT2D eigenvalue weighted by atomic mass is 79.9. The molecule has 2 aromatic heterocycles. The summed E-state index contributed by atoms with van der Waals surface area (Å²) in [7, 11) is 0. The van der Waals surface area contributed by atoms with E-state index in [1.165, 1.54) is 6.07 Å². The number of nitrogens with one attached hydrogen (secondary N) is 1. The number of aromatic nitrogens is 3. The number of benzene rings is 2. The van der Waals surface area contributed by atoms with Gasteiger partial charge in [0.25, 0.3) is 0 Å². The first-order valence-corrected chi connectivity index (χ1v) is 8.98. The molecule has 0 aliphatic carbocycles. The van der Waals surface area contributed by atoms with Gasteiger partial charge in [0.15, 0.2) is 0 Å². The van der Waals surface area contributed by atoms with Gasteiger partial charge in [-0.15, -0.1) is 0 Å². The van der Waals surface area contributed by atoms with Crippen LogP contribution < -0.4 is 5.32 Å². The van der Waals surface area contributed by atoms with Crippen molar-refractivity contribution in [1.29, 1.82) is 0 Å². The van der Waals surface area contributed by atoms with Crippen LogP contribution in [0.2, 0.25) is 0 Å². The van der Waals surface area contributed by atoms with E-state index in [9.17, 15) is 13.2 Å². The van der Waals surface area contributed by atoms with Crippen LogP contribution in [-0.2, 0) is 6.18 Å². The lowest BCUT2D eigenvalue weighted by Crippen LogP contribution is -2.11. The van der Waals surface area contributed by atoms with Crippen LogP contribution in [0.25, 0.3) is 16.7 Å². The summed E-state index contributed by atoms with van der Waals surface area (Å²) in [6, 6.07) is 10.7. The summed E-state index contributed by atoms with van der Waals surface area (Å²) >= 11 is 3.46. The normalized spacial score (nSPS) is 13.2. The SMILES string of the molecule is C[C@@H](Nc1nc2nccn2c2ccc(Br)cc12)c1cccc(C(F)(F)F)c1. The third kappa shape index (κ3) is 3.37. The van der Waals surface area contributed by atoms with Crippen molar-refractivity contribution in [1.82, 2.24) is 14.4 Å². The van der Waals surface area contributed by atoms with Crippen molar-refractivity contribution in [3.8, 4) is 0 Å². The van der Waals surface area contributed by atoms with Gasteiger partial charge < -0.3 is 5.32 Å². The minimum atomic E-state index is -4.37. The Labute approximate surface area is 161 Å². The molecule has 4 aromatic rings. The Morgan fingerprint density at radius 3 is 2.74 bits per heavy atom. The van der Waals surface area contributed by atoms with E-state index >= 15 is 0 Å². The average molecular weight is 435 g/mol. The van der Waals surface area contributed by atoms with Crippen LogP contribution >= 0.6 is 15.9 Å². The first-order chi connectivity index (χ1) is 12.8. The van der Waals surface area contributed by atoms with E-state index in [2.05, 4.69) is 31.2 Å². The molecule has 8 heteroatoms. The Morgan fingerprint density at radius 2 is 1.96 bits per heavy atom. The molecule has 0 aliphatic heterocycles. The summed E-state index contributed by atoms with van der Waals surface area (Å²) in [4.78, 5) is 8.77. The van der Waals surface area contributed by atoms with Crippen molar-refractivity contribution >= 4 is 38.4 Å². The maximum atomic E-state index is 13.0. The quantitative estimate of drug-likeness (QED) is 0.440. The minimum absolute atomic E-state index is 0.376. The maximum Gasteiger partial charge on any atom is 0.416 e. The number of fused-ring (bicyclic) bond motifs is 3. The highest BCUT2D eigenvalue weighted by Gasteiger charge is 2.30. The van der Waals surface area contributed by atoms with Gasteiger partial charge in [-0.05, 0) is 42.8 Å². The number of hydrogen-bond donors (Lipinski definition) is 1. The Hall–Kier alpha value is -2.61. The number of anilines is 1. The van der Waals surface area contributed by atoms with Gasteiger partial charge in [-0.1, -0.05) is 28.1 Å². The zero-order valence-corrected chi connectivity index (χ0v) is 15.7. The summed E-state index contributed by atoms with van der Waals surface area (Å²) in [5, 5.41) is 4.08. The standard InChI is InChI=1S/C19H14BrF3N4/c1-11(12-3-2-4-13(9-12)19(21,22)23)25-17-15-10-14(20)5-6-16(15)27-8-7-24-18(27)26-17/h2-11H,1H3,(H,24,25,26)/t11-/m1/s1. The van der Waals surface area contributed by atoms with Gasteiger partial charge in [-0.25, -0.2) is 4.98 Å². The van der Waals surface area contributed by atoms with E-state index in [1.807, 2.05) is 28.8 Å². The molecule has 1 atom stereocenters. The summed E-state index contributed by atoms with van der Waals surface area (Å²) in [5.41, 5.74) is 0.760. The van der Waals surface area contributed by atoms with Crippen LogP contribution in [0.5, 0.6) is 0 Å². The van der Waals surface area contributed by atoms with Crippen molar-refractivity contribution in [3.63, 3.8) is 0 Å². The van der Waals surface area contributed by atoms with Gasteiger partial charge >= 0.3 is 6.18 Å². The van der Waals surface area contributed by atoms with Crippen molar-refractivity contribution in [2.45, 2.75) is 19.1 Å². The van der Waals surface area contributed by atoms with Gasteiger partial charge in [0, 0.05) is 28.3 Å². The van der Waals surface area contributed by atoms with Crippen LogP contribution in [0, 0.1) is 0 Å². The van der Waals surface area contributed by atoms with Crippen LogP contribution in [0.4, 0.5) is 19.0 Å². The van der Waals surface area contributed by atoms with Crippen molar-refractivity contribution in [2.24, 2.45) is 0 Å². The van der Waals surface area contributed by atoms with E-state index in [1.54, 1.807) is 19.2 Å². The average Bonchev–Trinajstić information content (AvgIpc) is 3.09. The van der Waals surface area contributed by atoms with Crippen molar-refractivity contribution in [2.75, 3.05) is 5.32 Å². The smallest absolute Gasteiger partial charge is 0.363 e. The molecular formula is C19H14BrF3N4. The van der Waals surface area contributed by atoms with Gasteiger partial charge in [-0.2, -0.15) is 18.2 Å². The zero-order chi connectivity index (χ0) is 19.2. The Kier molecular flexibility index (Phi) is 4.30. The first kappa shape index (κ1) is 17.8. The fourth-order valence-electron chi connectivity index (χ4n) is 3.02. The van der Waals surface area contributed by atoms with Gasteiger partial charge in [0.05, 0.1) is 11.1 Å². The highest BCUT2D eigenvalue weighted by Crippen LogP contribution is 2.32. The molecule has 0 bridgehead atoms. The number of hydrogen-bond acceptors (Lipinski definition) is 3. The molecule has 27 heavy (non-hydrogen) atoms. The predicted octanol–water partition coefficient (Wildman–Crippen LogP) is 5.84. The zero-order valence-electron chi connectivity index (χ0n) is 14.1. The topological polar surface area (TPSA) is 42.2 Å². The highest BCUT2D eigenvalue weighted by molar-refractivity contribution is 9.10. The monoisotopic (exact) mass is 434 g/mol. The molecule has 0 aliphatic rings. The van der Waals surface area contributed by atoms with E-state index in [-0.39, 0.29) is 6.04 Å². The summed E-state index contributed by atoms with van der Waals surface area (Å²) in [6.07, 6.45) is -0.900. The van der Waals surface area contributed by atoms with Crippen molar-refractivity contribution < 1.29 is 13.2 Å². The predicted molar refractivity (Wildman–Crippen MR) is 102 cm³/mol. The molecule has 0 radical (unpaired) electrons. The van der Waals surface area contributed by atoms with Crippen LogP contribution in [-0.4, -0.2) is 14.4 Å². The molecular weight excluding hydrogens is 421 g/mol. The third-order valence-corrected chi connectivity index (χ3v) is 4.87. The molecule has 1 N–H and O–H groups in total. The molecule has 138 valence electrons. The van der Waals surface area contributed by atoms with Crippen LogP contribution in [0.1, 0.15) is 24.1 Å². The lowest BCUT2D eigenvalue weighted by atomic mass is 10.0. The minimum Gasteiger partial charge on any atom is -0.363 e. The lowest BCUT2D eigenvalue weighted by molar-refractivity contribution is -0.137. The molecule has 0 amide bonds. The van der Waals surface area contributed by atoms with Gasteiger partial charge in [0.1, 0.15) is 5.82 Å². The molecule has 4 rings (SSSR count). The number of rotatable bonds is 3. The van der Waals surface area contributed by atoms with Gasteiger partial charge in [-0.3, -0.25) is 4.40 Å². The van der Waals surface area contributed by atoms with Crippen LogP contribution in [0.15, 0.2) is 59.3 Å². The van der Waals surface area contributed by atoms with E-state index in [0.717, 1.165) is 27.5 Å². The second kappa shape index (κ2) is 6.53. The maximum absolute atomic E-state index is 13.0.